The molecule has 1 aliphatic rings. The molecule has 4 heteroatoms. The lowest BCUT2D eigenvalue weighted by molar-refractivity contribution is -0.139. The van der Waals surface area contributed by atoms with Crippen molar-refractivity contribution >= 4 is 5.91 Å². The predicted molar refractivity (Wildman–Crippen MR) is 68.8 cm³/mol. The van der Waals surface area contributed by atoms with Gasteiger partial charge in [-0.15, -0.1) is 0 Å². The maximum Gasteiger partial charge on any atom is 0.251 e. The predicted octanol–water partition coefficient (Wildman–Crippen LogP) is 0.995. The summed E-state index contributed by atoms with van der Waals surface area (Å²) in [5.74, 6) is -0.193. The van der Waals surface area contributed by atoms with Crippen LogP contribution in [0.25, 0.3) is 0 Å². The first-order valence-electron chi connectivity index (χ1n) is 6.41. The fourth-order valence-corrected chi connectivity index (χ4v) is 2.58. The molecule has 2 N–H and O–H groups in total. The Labute approximate surface area is 104 Å². The van der Waals surface area contributed by atoms with Crippen molar-refractivity contribution in [3.63, 3.8) is 0 Å². The molecule has 0 aromatic heterocycles. The van der Waals surface area contributed by atoms with Gasteiger partial charge in [-0.05, 0) is 45.2 Å². The number of carbonyl (C=O) groups excluding carboxylic acids is 1. The third-order valence-electron chi connectivity index (χ3n) is 3.33. The molecule has 0 aromatic carbocycles. The van der Waals surface area contributed by atoms with Crippen molar-refractivity contribution in [3.05, 3.63) is 0 Å². The topological polar surface area (TPSA) is 52.6 Å². The van der Waals surface area contributed by atoms with Crippen LogP contribution in [0, 0.1) is 5.41 Å². The molecule has 1 saturated carbocycles. The molecule has 100 valence electrons. The average Bonchev–Trinajstić information content (AvgIpc) is 2.61. The van der Waals surface area contributed by atoms with E-state index in [2.05, 4.69) is 24.1 Å². The SMILES string of the molecule is CN(C)CC(C)(C)CNC(=O)C1(O)CCCC1. The third-order valence-corrected chi connectivity index (χ3v) is 3.33. The van der Waals surface area contributed by atoms with Gasteiger partial charge in [-0.2, -0.15) is 0 Å². The zero-order chi connectivity index (χ0) is 13.1. The smallest absolute Gasteiger partial charge is 0.251 e. The van der Waals surface area contributed by atoms with Gasteiger partial charge in [0.15, 0.2) is 0 Å². The van der Waals surface area contributed by atoms with E-state index in [0.717, 1.165) is 19.4 Å². The van der Waals surface area contributed by atoms with Gasteiger partial charge in [0, 0.05) is 13.1 Å². The van der Waals surface area contributed by atoms with Crippen molar-refractivity contribution in [3.8, 4) is 0 Å². The van der Waals surface area contributed by atoms with Crippen molar-refractivity contribution < 1.29 is 9.90 Å². The van der Waals surface area contributed by atoms with Crippen LogP contribution in [-0.4, -0.2) is 48.7 Å². The summed E-state index contributed by atoms with van der Waals surface area (Å²) in [6, 6.07) is 0. The first kappa shape index (κ1) is 14.5. The first-order chi connectivity index (χ1) is 7.75. The lowest BCUT2D eigenvalue weighted by atomic mass is 9.92. The highest BCUT2D eigenvalue weighted by Gasteiger charge is 2.39. The molecule has 4 nitrogen and oxygen atoms in total. The maximum atomic E-state index is 11.9. The second kappa shape index (κ2) is 5.36. The molecule has 0 aliphatic heterocycles. The molecule has 0 radical (unpaired) electrons. The summed E-state index contributed by atoms with van der Waals surface area (Å²) in [6.45, 7) is 5.75. The van der Waals surface area contributed by atoms with Gasteiger partial charge >= 0.3 is 0 Å². The molecule has 0 spiro atoms. The van der Waals surface area contributed by atoms with E-state index in [1.54, 1.807) is 0 Å². The molecule has 0 aromatic rings. The zero-order valence-corrected chi connectivity index (χ0v) is 11.5. The average molecular weight is 242 g/mol. The number of aliphatic hydroxyl groups is 1. The molecule has 0 unspecified atom stereocenters. The van der Waals surface area contributed by atoms with E-state index < -0.39 is 5.60 Å². The van der Waals surface area contributed by atoms with Crippen molar-refractivity contribution in [2.45, 2.75) is 45.1 Å². The Hall–Kier alpha value is -0.610. The summed E-state index contributed by atoms with van der Waals surface area (Å²) < 4.78 is 0. The first-order valence-corrected chi connectivity index (χ1v) is 6.41. The standard InChI is InChI=1S/C13H26N2O2/c1-12(2,10-15(3)4)9-14-11(16)13(17)7-5-6-8-13/h17H,5-10H2,1-4H3,(H,14,16). The van der Waals surface area contributed by atoms with Gasteiger partial charge < -0.3 is 15.3 Å². The van der Waals surface area contributed by atoms with Crippen LogP contribution in [-0.2, 0) is 4.79 Å². The summed E-state index contributed by atoms with van der Waals surface area (Å²) in [5, 5.41) is 13.0. The lowest BCUT2D eigenvalue weighted by Crippen LogP contribution is -2.48. The highest BCUT2D eigenvalue weighted by atomic mass is 16.3. The van der Waals surface area contributed by atoms with Crippen LogP contribution in [0.3, 0.4) is 0 Å². The number of carbonyl (C=O) groups is 1. The van der Waals surface area contributed by atoms with Gasteiger partial charge in [0.1, 0.15) is 5.60 Å². The number of nitrogens with zero attached hydrogens (tertiary/aromatic N) is 1. The summed E-state index contributed by atoms with van der Waals surface area (Å²) in [7, 11) is 4.04. The highest BCUT2D eigenvalue weighted by molar-refractivity contribution is 5.85. The number of hydrogen-bond acceptors (Lipinski definition) is 3. The van der Waals surface area contributed by atoms with Crippen molar-refractivity contribution in [2.75, 3.05) is 27.2 Å². The van der Waals surface area contributed by atoms with Gasteiger partial charge in [-0.1, -0.05) is 13.8 Å². The zero-order valence-electron chi connectivity index (χ0n) is 11.5. The molecule has 17 heavy (non-hydrogen) atoms. The van der Waals surface area contributed by atoms with Crippen LogP contribution < -0.4 is 5.32 Å². The van der Waals surface area contributed by atoms with Crippen molar-refractivity contribution in [2.24, 2.45) is 5.41 Å². The van der Waals surface area contributed by atoms with Gasteiger partial charge in [0.05, 0.1) is 0 Å². The molecule has 1 rings (SSSR count). The Balaban J connectivity index is 2.42. The molecule has 1 fully saturated rings. The Bertz CT molecular complexity index is 269. The quantitative estimate of drug-likeness (QED) is 0.756. The summed E-state index contributed by atoms with van der Waals surface area (Å²) in [6.07, 6.45) is 3.11. The van der Waals surface area contributed by atoms with Crippen LogP contribution in [0.1, 0.15) is 39.5 Å². The molecular formula is C13H26N2O2. The molecule has 0 atom stereocenters. The van der Waals surface area contributed by atoms with Gasteiger partial charge in [0.2, 0.25) is 0 Å². The normalized spacial score (nSPS) is 19.6. The monoisotopic (exact) mass is 242 g/mol. The van der Waals surface area contributed by atoms with E-state index in [4.69, 9.17) is 0 Å². The molecule has 0 saturated heterocycles. The minimum absolute atomic E-state index is 0.0219. The summed E-state index contributed by atoms with van der Waals surface area (Å²) >= 11 is 0. The second-order valence-electron chi connectivity index (χ2n) is 6.32. The van der Waals surface area contributed by atoms with Crippen molar-refractivity contribution in [1.82, 2.24) is 10.2 Å². The van der Waals surface area contributed by atoms with Crippen LogP contribution in [0.4, 0.5) is 0 Å². The lowest BCUT2D eigenvalue weighted by Gasteiger charge is -2.30. The van der Waals surface area contributed by atoms with Crippen molar-refractivity contribution in [1.29, 1.82) is 0 Å². The highest BCUT2D eigenvalue weighted by Crippen LogP contribution is 2.29. The van der Waals surface area contributed by atoms with Crippen LogP contribution in [0.15, 0.2) is 0 Å². The van der Waals surface area contributed by atoms with Crippen LogP contribution in [0.2, 0.25) is 0 Å². The van der Waals surface area contributed by atoms with E-state index in [1.807, 2.05) is 14.1 Å². The van der Waals surface area contributed by atoms with E-state index >= 15 is 0 Å². The molecule has 0 heterocycles. The van der Waals surface area contributed by atoms with Crippen LogP contribution >= 0.6 is 0 Å². The Kier molecular flexibility index (Phi) is 4.55. The second-order valence-corrected chi connectivity index (χ2v) is 6.32. The summed E-state index contributed by atoms with van der Waals surface area (Å²) in [5.41, 5.74) is -1.08. The van der Waals surface area contributed by atoms with E-state index in [0.29, 0.717) is 19.4 Å². The summed E-state index contributed by atoms with van der Waals surface area (Å²) in [4.78, 5) is 14.0. The number of nitrogens with one attached hydrogen (secondary N) is 1. The fourth-order valence-electron chi connectivity index (χ4n) is 2.58. The van der Waals surface area contributed by atoms with E-state index in [1.165, 1.54) is 0 Å². The van der Waals surface area contributed by atoms with Crippen LogP contribution in [0.5, 0.6) is 0 Å². The Morgan fingerprint density at radius 1 is 1.35 bits per heavy atom. The van der Waals surface area contributed by atoms with E-state index in [9.17, 15) is 9.90 Å². The largest absolute Gasteiger partial charge is 0.380 e. The Morgan fingerprint density at radius 3 is 2.35 bits per heavy atom. The molecule has 1 aliphatic carbocycles. The third kappa shape index (κ3) is 4.28. The maximum absolute atomic E-state index is 11.9. The molecule has 1 amide bonds. The van der Waals surface area contributed by atoms with Gasteiger partial charge in [-0.25, -0.2) is 0 Å². The van der Waals surface area contributed by atoms with Gasteiger partial charge in [0.25, 0.3) is 5.91 Å². The number of amides is 1. The number of rotatable bonds is 5. The Morgan fingerprint density at radius 2 is 1.88 bits per heavy atom. The minimum Gasteiger partial charge on any atom is -0.380 e. The molecular weight excluding hydrogens is 216 g/mol. The number of hydrogen-bond donors (Lipinski definition) is 2. The minimum atomic E-state index is -1.10. The van der Waals surface area contributed by atoms with Gasteiger partial charge in [-0.3, -0.25) is 4.79 Å². The van der Waals surface area contributed by atoms with E-state index in [-0.39, 0.29) is 11.3 Å². The molecule has 0 bridgehead atoms. The fraction of sp³-hybridized carbons (Fsp3) is 0.923.